The van der Waals surface area contributed by atoms with Crippen LogP contribution in [0.5, 0.6) is 0 Å². The fourth-order valence-electron chi connectivity index (χ4n) is 2.98. The molecule has 0 N–H and O–H groups in total. The third-order valence-electron chi connectivity index (χ3n) is 3.98. The summed E-state index contributed by atoms with van der Waals surface area (Å²) in [6, 6.07) is 8.33. The maximum absolute atomic E-state index is 11.8. The largest absolute Gasteiger partial charge is 0.343 e. The Kier molecular flexibility index (Phi) is 3.68. The lowest BCUT2D eigenvalue weighted by Crippen LogP contribution is -2.36. The first-order chi connectivity index (χ1) is 10.4. The molecule has 0 atom stereocenters. The number of aromatic nitrogens is 2. The van der Waals surface area contributed by atoms with Crippen LogP contribution in [0.3, 0.4) is 0 Å². The van der Waals surface area contributed by atoms with Gasteiger partial charge in [-0.3, -0.25) is 4.79 Å². The van der Waals surface area contributed by atoms with Crippen molar-refractivity contribution in [1.82, 2.24) is 9.55 Å². The lowest BCUT2D eigenvalue weighted by molar-refractivity contribution is 0.607. The molecule has 0 spiro atoms. The van der Waals surface area contributed by atoms with Crippen LogP contribution >= 0.6 is 11.3 Å². The minimum atomic E-state index is 0.0163. The Hall–Kier alpha value is -1.88. The van der Waals surface area contributed by atoms with Gasteiger partial charge in [-0.1, -0.05) is 11.3 Å². The molecule has 0 fully saturated rings. The topological polar surface area (TPSA) is 38.1 Å². The van der Waals surface area contributed by atoms with Gasteiger partial charge < -0.3 is 9.47 Å². The molecule has 3 aromatic rings. The molecule has 0 aliphatic heterocycles. The van der Waals surface area contributed by atoms with E-state index in [1.54, 1.807) is 22.0 Å². The van der Waals surface area contributed by atoms with Crippen LogP contribution in [-0.4, -0.2) is 21.6 Å². The van der Waals surface area contributed by atoms with E-state index in [2.05, 4.69) is 32.6 Å². The predicted molar refractivity (Wildman–Crippen MR) is 95.1 cm³/mol. The lowest BCUT2D eigenvalue weighted by Gasteiger charge is -2.30. The monoisotopic (exact) mass is 315 g/mol. The van der Waals surface area contributed by atoms with Crippen LogP contribution in [-0.2, 0) is 7.05 Å². The summed E-state index contributed by atoms with van der Waals surface area (Å²) < 4.78 is 2.84. The molecule has 2 heterocycles. The molecule has 2 aromatic heterocycles. The predicted octanol–water partition coefficient (Wildman–Crippen LogP) is 3.77. The van der Waals surface area contributed by atoms with Crippen molar-refractivity contribution in [3.8, 4) is 0 Å². The van der Waals surface area contributed by atoms with Gasteiger partial charge in [0.2, 0.25) is 0 Å². The molecule has 0 radical (unpaired) electrons. The Bertz CT molecular complexity index is 884. The molecule has 0 saturated heterocycles. The van der Waals surface area contributed by atoms with E-state index in [9.17, 15) is 4.79 Å². The summed E-state index contributed by atoms with van der Waals surface area (Å²) in [6.45, 7) is 8.75. The highest BCUT2D eigenvalue weighted by Gasteiger charge is 2.19. The quantitative estimate of drug-likeness (QED) is 0.738. The van der Waals surface area contributed by atoms with Crippen molar-refractivity contribution in [2.24, 2.45) is 7.05 Å². The van der Waals surface area contributed by atoms with Crippen molar-refractivity contribution in [3.63, 3.8) is 0 Å². The molecule has 116 valence electrons. The summed E-state index contributed by atoms with van der Waals surface area (Å²) >= 11 is 1.71. The molecule has 0 bridgehead atoms. The van der Waals surface area contributed by atoms with Crippen molar-refractivity contribution < 1.29 is 0 Å². The van der Waals surface area contributed by atoms with E-state index >= 15 is 0 Å². The third-order valence-corrected chi connectivity index (χ3v) is 5.10. The summed E-state index contributed by atoms with van der Waals surface area (Å²) in [4.78, 5) is 19.0. The van der Waals surface area contributed by atoms with Crippen LogP contribution in [0.25, 0.3) is 21.1 Å². The average molecular weight is 315 g/mol. The van der Waals surface area contributed by atoms with Gasteiger partial charge in [0, 0.05) is 30.6 Å². The van der Waals surface area contributed by atoms with Crippen LogP contribution in [0.15, 0.2) is 29.1 Å². The Labute approximate surface area is 134 Å². The van der Waals surface area contributed by atoms with E-state index in [-0.39, 0.29) is 5.56 Å². The Balaban J connectivity index is 2.28. The first-order valence-electron chi connectivity index (χ1n) is 7.57. The Morgan fingerprint density at radius 1 is 1.09 bits per heavy atom. The molecule has 0 aliphatic carbocycles. The minimum absolute atomic E-state index is 0.0163. The maximum atomic E-state index is 11.8. The number of thiazole rings is 1. The number of benzene rings is 1. The molecule has 3 rings (SSSR count). The Morgan fingerprint density at radius 2 is 1.77 bits per heavy atom. The van der Waals surface area contributed by atoms with Gasteiger partial charge in [0.25, 0.3) is 5.56 Å². The molecule has 0 amide bonds. The summed E-state index contributed by atoms with van der Waals surface area (Å²) in [5, 5.41) is 2.14. The normalized spacial score (nSPS) is 12.0. The highest BCUT2D eigenvalue weighted by atomic mass is 32.1. The molecule has 0 unspecified atom stereocenters. The number of fused-ring (bicyclic) bond motifs is 3. The number of hydrogen-bond acceptors (Lipinski definition) is 4. The van der Waals surface area contributed by atoms with Crippen molar-refractivity contribution in [2.75, 3.05) is 4.90 Å². The van der Waals surface area contributed by atoms with Gasteiger partial charge in [-0.25, -0.2) is 4.98 Å². The van der Waals surface area contributed by atoms with E-state index in [1.807, 2.05) is 25.2 Å². The van der Waals surface area contributed by atoms with Crippen molar-refractivity contribution in [3.05, 3.63) is 34.6 Å². The third kappa shape index (κ3) is 2.29. The molecule has 0 aliphatic rings. The first kappa shape index (κ1) is 15.0. The minimum Gasteiger partial charge on any atom is -0.343 e. The zero-order valence-electron chi connectivity index (χ0n) is 13.6. The van der Waals surface area contributed by atoms with Gasteiger partial charge in [0.15, 0.2) is 5.13 Å². The van der Waals surface area contributed by atoms with Crippen molar-refractivity contribution in [2.45, 2.75) is 39.8 Å². The number of hydrogen-bond donors (Lipinski definition) is 0. The summed E-state index contributed by atoms with van der Waals surface area (Å²) in [6.07, 6.45) is 0. The first-order valence-corrected chi connectivity index (χ1v) is 8.39. The van der Waals surface area contributed by atoms with Gasteiger partial charge >= 0.3 is 0 Å². The maximum Gasteiger partial charge on any atom is 0.250 e. The van der Waals surface area contributed by atoms with E-state index in [4.69, 9.17) is 4.98 Å². The smallest absolute Gasteiger partial charge is 0.250 e. The van der Waals surface area contributed by atoms with Gasteiger partial charge in [-0.2, -0.15) is 0 Å². The van der Waals surface area contributed by atoms with Crippen LogP contribution in [0.2, 0.25) is 0 Å². The second kappa shape index (κ2) is 5.39. The van der Waals surface area contributed by atoms with Gasteiger partial charge in [0.1, 0.15) is 0 Å². The van der Waals surface area contributed by atoms with Crippen LogP contribution in [0.1, 0.15) is 27.7 Å². The molecule has 0 saturated carbocycles. The molecule has 5 heteroatoms. The number of pyridine rings is 1. The van der Waals surface area contributed by atoms with E-state index < -0.39 is 0 Å². The molecular formula is C17H21N3OS. The fraction of sp³-hybridized carbons (Fsp3) is 0.412. The van der Waals surface area contributed by atoms with Crippen LogP contribution < -0.4 is 10.5 Å². The SMILES string of the molecule is CC(C)N(c1nc2ccc3c(ccc(=O)n3C)c2s1)C(C)C. The molecular weight excluding hydrogens is 294 g/mol. The molecule has 4 nitrogen and oxygen atoms in total. The van der Waals surface area contributed by atoms with Crippen LogP contribution in [0, 0.1) is 0 Å². The van der Waals surface area contributed by atoms with E-state index in [0.29, 0.717) is 12.1 Å². The van der Waals surface area contributed by atoms with E-state index in [1.165, 1.54) is 0 Å². The average Bonchev–Trinajstić information content (AvgIpc) is 2.85. The fourth-order valence-corrected chi connectivity index (χ4v) is 4.33. The second-order valence-corrected chi connectivity index (χ2v) is 7.15. The number of aryl methyl sites for hydroxylation is 1. The van der Waals surface area contributed by atoms with Gasteiger partial charge in [0.05, 0.1) is 15.7 Å². The van der Waals surface area contributed by atoms with Gasteiger partial charge in [-0.15, -0.1) is 0 Å². The van der Waals surface area contributed by atoms with E-state index in [0.717, 1.165) is 26.3 Å². The highest BCUT2D eigenvalue weighted by molar-refractivity contribution is 7.23. The van der Waals surface area contributed by atoms with Crippen LogP contribution in [0.4, 0.5) is 5.13 Å². The second-order valence-electron chi connectivity index (χ2n) is 6.17. The molecule has 1 aromatic carbocycles. The lowest BCUT2D eigenvalue weighted by atomic mass is 10.2. The number of rotatable bonds is 3. The highest BCUT2D eigenvalue weighted by Crippen LogP contribution is 2.35. The number of anilines is 1. The zero-order valence-corrected chi connectivity index (χ0v) is 14.4. The van der Waals surface area contributed by atoms with Gasteiger partial charge in [-0.05, 0) is 45.9 Å². The zero-order chi connectivity index (χ0) is 16.0. The standard InChI is InChI=1S/C17H21N3OS/c1-10(2)20(11(3)4)17-18-13-7-8-14-12(16(13)22-17)6-9-15(21)19(14)5/h6-11H,1-5H3. The molecule has 22 heavy (non-hydrogen) atoms. The van der Waals surface area contributed by atoms with Crippen molar-refractivity contribution in [1.29, 1.82) is 0 Å². The van der Waals surface area contributed by atoms with Crippen molar-refractivity contribution >= 4 is 37.6 Å². The summed E-state index contributed by atoms with van der Waals surface area (Å²) in [5.41, 5.74) is 1.97. The number of nitrogens with zero attached hydrogens (tertiary/aromatic N) is 3. The Morgan fingerprint density at radius 3 is 2.41 bits per heavy atom. The summed E-state index contributed by atoms with van der Waals surface area (Å²) in [5.74, 6) is 0. The summed E-state index contributed by atoms with van der Waals surface area (Å²) in [7, 11) is 1.81.